The summed E-state index contributed by atoms with van der Waals surface area (Å²) in [5.74, 6) is 0.384. The lowest BCUT2D eigenvalue weighted by Gasteiger charge is -2.11. The highest BCUT2D eigenvalue weighted by Gasteiger charge is 2.30. The monoisotopic (exact) mass is 396 g/mol. The van der Waals surface area contributed by atoms with E-state index >= 15 is 0 Å². The highest BCUT2D eigenvalue weighted by Crippen LogP contribution is 2.34. The second kappa shape index (κ2) is 5.76. The third kappa shape index (κ3) is 2.59. The first-order valence-corrected chi connectivity index (χ1v) is 10.1. The number of nitrogens with one attached hydrogen (secondary N) is 1. The molecule has 0 amide bonds. The molecule has 142 valence electrons. The Bertz CT molecular complexity index is 1320. The van der Waals surface area contributed by atoms with E-state index in [2.05, 4.69) is 25.5 Å². The number of hydrogen-bond donors (Lipinski definition) is 1. The van der Waals surface area contributed by atoms with Crippen LogP contribution in [-0.4, -0.2) is 44.8 Å². The molecule has 28 heavy (non-hydrogen) atoms. The molecule has 4 heterocycles. The molecule has 0 radical (unpaired) electrons. The van der Waals surface area contributed by atoms with Crippen LogP contribution >= 0.6 is 0 Å². The topological polar surface area (TPSA) is 110 Å². The highest BCUT2D eigenvalue weighted by atomic mass is 32.2. The molecule has 10 nitrogen and oxygen atoms in total. The zero-order chi connectivity index (χ0) is 19.5. The van der Waals surface area contributed by atoms with Crippen molar-refractivity contribution in [1.82, 2.24) is 29.4 Å². The second-order valence-electron chi connectivity index (χ2n) is 6.57. The first kappa shape index (κ1) is 16.7. The van der Waals surface area contributed by atoms with Crippen molar-refractivity contribution in [3.8, 4) is 11.3 Å². The number of sulfonamides is 1. The van der Waals surface area contributed by atoms with Gasteiger partial charge in [-0.3, -0.25) is 14.0 Å². The fourth-order valence-electron chi connectivity index (χ4n) is 3.28. The van der Waals surface area contributed by atoms with Gasteiger partial charge in [-0.05, 0) is 23.8 Å². The molecule has 3 aromatic heterocycles. The smallest absolute Gasteiger partial charge is 0.247 e. The predicted molar refractivity (Wildman–Crippen MR) is 104 cm³/mol. The van der Waals surface area contributed by atoms with Gasteiger partial charge in [0.05, 0.1) is 17.6 Å². The summed E-state index contributed by atoms with van der Waals surface area (Å²) in [6, 6.07) is 5.39. The Balaban J connectivity index is 1.50. The van der Waals surface area contributed by atoms with Gasteiger partial charge in [0.1, 0.15) is 5.69 Å². The highest BCUT2D eigenvalue weighted by molar-refractivity contribution is 7.92. The molecule has 11 heteroatoms. The van der Waals surface area contributed by atoms with Gasteiger partial charge in [-0.25, -0.2) is 12.9 Å². The standard InChI is InChI=1S/C17H16N8O2S/c1-23-9-12(8-19-23)15-16-21-17(22-25(16)6-5-18-15)20-13-3-4-14-11(7-13)10-28(26,27)24(14)2/h3-9H,10H2,1-2H3,(H,20,22). The Morgan fingerprint density at radius 3 is 2.86 bits per heavy atom. The van der Waals surface area contributed by atoms with Gasteiger partial charge in [-0.2, -0.15) is 10.1 Å². The fraction of sp³-hybridized carbons (Fsp3) is 0.176. The van der Waals surface area contributed by atoms with Gasteiger partial charge in [0, 0.05) is 43.9 Å². The Morgan fingerprint density at radius 1 is 1.21 bits per heavy atom. The third-order valence-corrected chi connectivity index (χ3v) is 6.37. The molecular formula is C17H16N8O2S. The van der Waals surface area contributed by atoms with Crippen LogP contribution in [0.1, 0.15) is 5.56 Å². The van der Waals surface area contributed by atoms with Crippen LogP contribution in [-0.2, 0) is 22.8 Å². The molecule has 0 atom stereocenters. The summed E-state index contributed by atoms with van der Waals surface area (Å²) in [6.45, 7) is 0. The van der Waals surface area contributed by atoms with Gasteiger partial charge in [-0.15, -0.1) is 5.10 Å². The van der Waals surface area contributed by atoms with E-state index in [1.807, 2.05) is 25.4 Å². The summed E-state index contributed by atoms with van der Waals surface area (Å²) in [4.78, 5) is 8.95. The molecule has 5 rings (SSSR count). The van der Waals surface area contributed by atoms with E-state index in [1.54, 1.807) is 40.9 Å². The van der Waals surface area contributed by atoms with Crippen LogP contribution < -0.4 is 9.62 Å². The van der Waals surface area contributed by atoms with Crippen LogP contribution in [0.25, 0.3) is 16.9 Å². The molecule has 0 saturated carbocycles. The summed E-state index contributed by atoms with van der Waals surface area (Å²) >= 11 is 0. The van der Waals surface area contributed by atoms with Crippen molar-refractivity contribution < 1.29 is 8.42 Å². The van der Waals surface area contributed by atoms with E-state index in [9.17, 15) is 8.42 Å². The van der Waals surface area contributed by atoms with E-state index in [0.717, 1.165) is 16.8 Å². The van der Waals surface area contributed by atoms with Crippen LogP contribution in [0.2, 0.25) is 0 Å². The minimum atomic E-state index is -3.27. The molecule has 0 fully saturated rings. The van der Waals surface area contributed by atoms with Crippen LogP contribution in [0.5, 0.6) is 0 Å². The van der Waals surface area contributed by atoms with Crippen LogP contribution in [0.3, 0.4) is 0 Å². The van der Waals surface area contributed by atoms with Crippen molar-refractivity contribution in [1.29, 1.82) is 0 Å². The average molecular weight is 396 g/mol. The normalized spacial score (nSPS) is 15.1. The Morgan fingerprint density at radius 2 is 2.07 bits per heavy atom. The van der Waals surface area contributed by atoms with Crippen molar-refractivity contribution in [3.05, 3.63) is 48.5 Å². The summed E-state index contributed by atoms with van der Waals surface area (Å²) in [5, 5.41) is 11.8. The molecular weight excluding hydrogens is 380 g/mol. The Kier molecular flexibility index (Phi) is 3.43. The third-order valence-electron chi connectivity index (χ3n) is 4.66. The number of aromatic nitrogens is 6. The maximum absolute atomic E-state index is 12.0. The van der Waals surface area contributed by atoms with E-state index in [1.165, 1.54) is 4.31 Å². The molecule has 1 aliphatic rings. The maximum atomic E-state index is 12.0. The van der Waals surface area contributed by atoms with Gasteiger partial charge in [0.2, 0.25) is 16.0 Å². The molecule has 1 aromatic carbocycles. The lowest BCUT2D eigenvalue weighted by atomic mass is 10.2. The summed E-state index contributed by atoms with van der Waals surface area (Å²) in [7, 11) is 0.125. The molecule has 0 spiro atoms. The average Bonchev–Trinajstić information content (AvgIpc) is 3.31. The second-order valence-corrected chi connectivity index (χ2v) is 8.57. The zero-order valence-corrected chi connectivity index (χ0v) is 15.9. The number of hydrogen-bond acceptors (Lipinski definition) is 7. The van der Waals surface area contributed by atoms with Crippen LogP contribution in [0, 0.1) is 0 Å². The molecule has 4 aromatic rings. The largest absolute Gasteiger partial charge is 0.323 e. The first-order valence-electron chi connectivity index (χ1n) is 8.48. The summed E-state index contributed by atoms with van der Waals surface area (Å²) < 4.78 is 28.7. The molecule has 0 aliphatic carbocycles. The number of benzene rings is 1. The minimum absolute atomic E-state index is 0.0119. The zero-order valence-electron chi connectivity index (χ0n) is 15.1. The molecule has 0 saturated heterocycles. The number of nitrogens with zero attached hydrogens (tertiary/aromatic N) is 7. The molecule has 1 aliphatic heterocycles. The fourth-order valence-corrected chi connectivity index (χ4v) is 4.57. The van der Waals surface area contributed by atoms with E-state index in [0.29, 0.717) is 23.0 Å². The van der Waals surface area contributed by atoms with E-state index in [-0.39, 0.29) is 5.75 Å². The van der Waals surface area contributed by atoms with Crippen molar-refractivity contribution in [2.75, 3.05) is 16.7 Å². The van der Waals surface area contributed by atoms with Crippen molar-refractivity contribution >= 4 is 33.0 Å². The lowest BCUT2D eigenvalue weighted by molar-refractivity contribution is 0.596. The van der Waals surface area contributed by atoms with Crippen LogP contribution in [0.4, 0.5) is 17.3 Å². The first-order chi connectivity index (χ1) is 13.4. The molecule has 0 bridgehead atoms. The van der Waals surface area contributed by atoms with E-state index < -0.39 is 10.0 Å². The van der Waals surface area contributed by atoms with Crippen LogP contribution in [0.15, 0.2) is 43.0 Å². The number of aryl methyl sites for hydroxylation is 1. The maximum Gasteiger partial charge on any atom is 0.247 e. The van der Waals surface area contributed by atoms with Gasteiger partial charge in [-0.1, -0.05) is 0 Å². The number of anilines is 3. The molecule has 0 unspecified atom stereocenters. The minimum Gasteiger partial charge on any atom is -0.323 e. The summed E-state index contributed by atoms with van der Waals surface area (Å²) in [5.41, 5.74) is 4.28. The van der Waals surface area contributed by atoms with Gasteiger partial charge in [0.25, 0.3) is 0 Å². The molecule has 1 N–H and O–H groups in total. The van der Waals surface area contributed by atoms with Gasteiger partial charge >= 0.3 is 0 Å². The SMILES string of the molecule is CN1c2ccc(Nc3nc4c(-c5cnn(C)c5)nccn4n3)cc2CS1(=O)=O. The van der Waals surface area contributed by atoms with Gasteiger partial charge < -0.3 is 5.32 Å². The van der Waals surface area contributed by atoms with Crippen molar-refractivity contribution in [3.63, 3.8) is 0 Å². The number of rotatable bonds is 3. The predicted octanol–water partition coefficient (Wildman–Crippen LogP) is 1.55. The van der Waals surface area contributed by atoms with E-state index in [4.69, 9.17) is 0 Å². The lowest BCUT2D eigenvalue weighted by Crippen LogP contribution is -2.20. The van der Waals surface area contributed by atoms with Gasteiger partial charge in [0.15, 0.2) is 5.65 Å². The van der Waals surface area contributed by atoms with Crippen molar-refractivity contribution in [2.45, 2.75) is 5.75 Å². The van der Waals surface area contributed by atoms with Crippen molar-refractivity contribution in [2.24, 2.45) is 7.05 Å². The number of fused-ring (bicyclic) bond motifs is 2. The Hall–Kier alpha value is -3.47. The summed E-state index contributed by atoms with van der Waals surface area (Å²) in [6.07, 6.45) is 6.96. The Labute approximate surface area is 160 Å². The quantitative estimate of drug-likeness (QED) is 0.559.